The summed E-state index contributed by atoms with van der Waals surface area (Å²) in [5.41, 5.74) is 5.24. The quantitative estimate of drug-likeness (QED) is 0.289. The maximum atomic E-state index is 12.7. The zero-order valence-electron chi connectivity index (χ0n) is 19.5. The van der Waals surface area contributed by atoms with Gasteiger partial charge < -0.3 is 9.73 Å². The summed E-state index contributed by atoms with van der Waals surface area (Å²) in [5.74, 6) is 0.262. The van der Waals surface area contributed by atoms with Gasteiger partial charge in [-0.2, -0.15) is 0 Å². The Bertz CT molecular complexity index is 1520. The number of para-hydroxylation sites is 1. The van der Waals surface area contributed by atoms with Gasteiger partial charge in [-0.3, -0.25) is 4.79 Å². The second-order valence-electron chi connectivity index (χ2n) is 9.39. The summed E-state index contributed by atoms with van der Waals surface area (Å²) in [6, 6.07) is 27.9. The van der Waals surface area contributed by atoms with Gasteiger partial charge in [0.05, 0.1) is 11.3 Å². The number of nitrogens with one attached hydrogen (secondary N) is 1. The number of carbonyl (C=O) groups excluding carboxylic acids is 1. The first kappa shape index (κ1) is 21.7. The fraction of sp³-hybridized carbons (Fsp3) is 0.133. The van der Waals surface area contributed by atoms with Crippen LogP contribution >= 0.6 is 0 Å². The Morgan fingerprint density at radius 1 is 0.882 bits per heavy atom. The number of hydrogen-bond acceptors (Lipinski definition) is 3. The molecule has 0 spiro atoms. The van der Waals surface area contributed by atoms with Crippen LogP contribution < -0.4 is 5.32 Å². The van der Waals surface area contributed by atoms with Crippen molar-refractivity contribution >= 4 is 39.5 Å². The van der Waals surface area contributed by atoms with Crippen molar-refractivity contribution in [3.63, 3.8) is 0 Å². The lowest BCUT2D eigenvalue weighted by molar-refractivity contribution is -0.111. The minimum absolute atomic E-state index is 0.0975. The number of benzene rings is 4. The summed E-state index contributed by atoms with van der Waals surface area (Å²) < 4.78 is 6.07. The molecule has 34 heavy (non-hydrogen) atoms. The van der Waals surface area contributed by atoms with Crippen LogP contribution in [0.1, 0.15) is 31.9 Å². The molecule has 1 N–H and O–H groups in total. The predicted molar refractivity (Wildman–Crippen MR) is 140 cm³/mol. The minimum Gasteiger partial charge on any atom is -0.436 e. The van der Waals surface area contributed by atoms with E-state index in [-0.39, 0.29) is 11.3 Å². The summed E-state index contributed by atoms with van der Waals surface area (Å²) in [7, 11) is 0. The van der Waals surface area contributed by atoms with Gasteiger partial charge >= 0.3 is 0 Å². The number of oxazole rings is 1. The summed E-state index contributed by atoms with van der Waals surface area (Å²) >= 11 is 0. The van der Waals surface area contributed by atoms with E-state index in [9.17, 15) is 4.79 Å². The summed E-state index contributed by atoms with van der Waals surface area (Å²) in [4.78, 5) is 17.5. The monoisotopic (exact) mass is 446 g/mol. The molecule has 1 aromatic heterocycles. The van der Waals surface area contributed by atoms with E-state index in [2.05, 4.69) is 44.3 Å². The lowest BCUT2D eigenvalue weighted by atomic mass is 9.87. The van der Waals surface area contributed by atoms with E-state index in [1.807, 2.05) is 72.8 Å². The number of nitrogens with zero attached hydrogens (tertiary/aromatic N) is 1. The summed E-state index contributed by atoms with van der Waals surface area (Å²) in [6.45, 7) is 6.55. The SMILES string of the molecule is CC(C)(C)c1ccc(C=CC(=O)Nc2ccccc2-c2nc3c(ccc4ccccc43)o2)cc1. The maximum Gasteiger partial charge on any atom is 0.248 e. The highest BCUT2D eigenvalue weighted by Crippen LogP contribution is 2.33. The van der Waals surface area contributed by atoms with Crippen molar-refractivity contribution in [2.24, 2.45) is 0 Å². The summed E-state index contributed by atoms with van der Waals surface area (Å²) in [6.07, 6.45) is 3.36. The summed E-state index contributed by atoms with van der Waals surface area (Å²) in [5, 5.41) is 5.12. The smallest absolute Gasteiger partial charge is 0.248 e. The maximum absolute atomic E-state index is 12.7. The highest BCUT2D eigenvalue weighted by atomic mass is 16.3. The second kappa shape index (κ2) is 8.64. The molecule has 4 heteroatoms. The Labute approximate surface area is 198 Å². The highest BCUT2D eigenvalue weighted by molar-refractivity contribution is 6.06. The molecule has 0 aliphatic carbocycles. The first-order valence-electron chi connectivity index (χ1n) is 11.4. The molecule has 5 aromatic rings. The molecule has 0 atom stereocenters. The van der Waals surface area contributed by atoms with E-state index in [1.54, 1.807) is 6.08 Å². The van der Waals surface area contributed by atoms with Crippen LogP contribution in [-0.4, -0.2) is 10.9 Å². The standard InChI is InChI=1S/C30H26N2O2/c1-30(2,3)22-16-12-20(13-17-22)14-19-27(33)31-25-11-7-6-10-24(25)29-32-28-23-9-5-4-8-21(23)15-18-26(28)34-29/h4-19H,1-3H3,(H,31,33). The van der Waals surface area contributed by atoms with Gasteiger partial charge in [-0.05, 0) is 46.2 Å². The van der Waals surface area contributed by atoms with Crippen LogP contribution in [0.3, 0.4) is 0 Å². The number of amides is 1. The van der Waals surface area contributed by atoms with Crippen LogP contribution in [0.25, 0.3) is 39.4 Å². The number of aromatic nitrogens is 1. The molecule has 4 aromatic carbocycles. The predicted octanol–water partition coefficient (Wildman–Crippen LogP) is 7.60. The molecule has 1 amide bonds. The van der Waals surface area contributed by atoms with Crippen LogP contribution in [0.2, 0.25) is 0 Å². The van der Waals surface area contributed by atoms with Crippen molar-refractivity contribution in [3.05, 3.63) is 102 Å². The fourth-order valence-electron chi connectivity index (χ4n) is 4.00. The molecule has 1 heterocycles. The van der Waals surface area contributed by atoms with E-state index in [4.69, 9.17) is 9.40 Å². The average Bonchev–Trinajstić information content (AvgIpc) is 3.28. The van der Waals surface area contributed by atoms with Crippen LogP contribution in [0.15, 0.2) is 95.4 Å². The van der Waals surface area contributed by atoms with Crippen LogP contribution in [-0.2, 0) is 10.2 Å². The first-order chi connectivity index (χ1) is 16.4. The van der Waals surface area contributed by atoms with Gasteiger partial charge in [0.25, 0.3) is 0 Å². The molecule has 5 rings (SSSR count). The van der Waals surface area contributed by atoms with Gasteiger partial charge in [-0.15, -0.1) is 0 Å². The molecular weight excluding hydrogens is 420 g/mol. The number of anilines is 1. The normalized spacial score (nSPS) is 12.0. The molecule has 0 aliphatic heterocycles. The molecule has 0 bridgehead atoms. The van der Waals surface area contributed by atoms with Crippen LogP contribution in [0, 0.1) is 0 Å². The molecule has 0 fully saturated rings. The third-order valence-electron chi connectivity index (χ3n) is 5.90. The van der Waals surface area contributed by atoms with Gasteiger partial charge in [0, 0.05) is 11.5 Å². The first-order valence-corrected chi connectivity index (χ1v) is 11.4. The van der Waals surface area contributed by atoms with Crippen molar-refractivity contribution in [2.45, 2.75) is 26.2 Å². The van der Waals surface area contributed by atoms with Crippen molar-refractivity contribution in [1.82, 2.24) is 4.98 Å². The number of rotatable bonds is 4. The van der Waals surface area contributed by atoms with Crippen molar-refractivity contribution in [1.29, 1.82) is 0 Å². The zero-order chi connectivity index (χ0) is 23.7. The van der Waals surface area contributed by atoms with E-state index in [1.165, 1.54) is 5.56 Å². The number of hydrogen-bond donors (Lipinski definition) is 1. The lowest BCUT2D eigenvalue weighted by Gasteiger charge is -2.18. The second-order valence-corrected chi connectivity index (χ2v) is 9.39. The topological polar surface area (TPSA) is 55.1 Å². The Morgan fingerprint density at radius 2 is 1.62 bits per heavy atom. The molecule has 0 saturated carbocycles. The van der Waals surface area contributed by atoms with E-state index in [0.29, 0.717) is 17.2 Å². The zero-order valence-corrected chi connectivity index (χ0v) is 19.5. The molecular formula is C30H26N2O2. The Kier molecular flexibility index (Phi) is 5.50. The Balaban J connectivity index is 1.40. The lowest BCUT2D eigenvalue weighted by Crippen LogP contribution is -2.10. The molecule has 0 saturated heterocycles. The van der Waals surface area contributed by atoms with Gasteiger partial charge in [-0.25, -0.2) is 4.98 Å². The Morgan fingerprint density at radius 3 is 2.41 bits per heavy atom. The highest BCUT2D eigenvalue weighted by Gasteiger charge is 2.15. The Hall–Kier alpha value is -4.18. The van der Waals surface area contributed by atoms with Gasteiger partial charge in [0.2, 0.25) is 11.8 Å². The minimum atomic E-state index is -0.214. The fourth-order valence-corrected chi connectivity index (χ4v) is 4.00. The van der Waals surface area contributed by atoms with Crippen LogP contribution in [0.4, 0.5) is 5.69 Å². The van der Waals surface area contributed by atoms with Crippen molar-refractivity contribution in [2.75, 3.05) is 5.32 Å². The third kappa shape index (κ3) is 4.35. The largest absolute Gasteiger partial charge is 0.436 e. The molecule has 0 radical (unpaired) electrons. The molecule has 0 aliphatic rings. The molecule has 0 unspecified atom stereocenters. The molecule has 4 nitrogen and oxygen atoms in total. The average molecular weight is 447 g/mol. The van der Waals surface area contributed by atoms with Gasteiger partial charge in [0.1, 0.15) is 5.52 Å². The van der Waals surface area contributed by atoms with E-state index >= 15 is 0 Å². The van der Waals surface area contributed by atoms with Gasteiger partial charge in [0.15, 0.2) is 5.58 Å². The number of carbonyl (C=O) groups is 1. The van der Waals surface area contributed by atoms with Crippen LogP contribution in [0.5, 0.6) is 0 Å². The van der Waals surface area contributed by atoms with Crippen molar-refractivity contribution < 1.29 is 9.21 Å². The van der Waals surface area contributed by atoms with E-state index in [0.717, 1.165) is 27.4 Å². The third-order valence-corrected chi connectivity index (χ3v) is 5.90. The van der Waals surface area contributed by atoms with Gasteiger partial charge in [-0.1, -0.05) is 87.5 Å². The molecule has 168 valence electrons. The van der Waals surface area contributed by atoms with Crippen molar-refractivity contribution in [3.8, 4) is 11.5 Å². The number of fused-ring (bicyclic) bond motifs is 3. The van der Waals surface area contributed by atoms with E-state index < -0.39 is 0 Å².